The van der Waals surface area contributed by atoms with Crippen LogP contribution in [0.15, 0.2) is 12.1 Å². The quantitative estimate of drug-likeness (QED) is 0.739. The third-order valence-electron chi connectivity index (χ3n) is 2.91. The average molecular weight is 254 g/mol. The predicted molar refractivity (Wildman–Crippen MR) is 70.4 cm³/mol. The molecule has 0 aliphatic carbocycles. The first-order valence-electron chi connectivity index (χ1n) is 6.22. The van der Waals surface area contributed by atoms with Gasteiger partial charge in [-0.25, -0.2) is 0 Å². The summed E-state index contributed by atoms with van der Waals surface area (Å²) in [5, 5.41) is 17.9. The zero-order valence-electron chi connectivity index (χ0n) is 11.1. The number of aryl methyl sites for hydroxylation is 2. The fourth-order valence-corrected chi connectivity index (χ4v) is 1.97. The maximum absolute atomic E-state index is 8.93. The lowest BCUT2D eigenvalue weighted by molar-refractivity contribution is 0.285. The third-order valence-corrected chi connectivity index (χ3v) is 2.91. The largest absolute Gasteiger partial charge is 0.493 e. The van der Waals surface area contributed by atoms with E-state index in [4.69, 9.17) is 19.7 Å². The minimum Gasteiger partial charge on any atom is -0.493 e. The number of benzene rings is 1. The fourth-order valence-electron chi connectivity index (χ4n) is 1.97. The molecule has 0 fully saturated rings. The lowest BCUT2D eigenvalue weighted by Crippen LogP contribution is -2.01. The van der Waals surface area contributed by atoms with Crippen molar-refractivity contribution in [2.24, 2.45) is 0 Å². The van der Waals surface area contributed by atoms with Gasteiger partial charge in [0.2, 0.25) is 0 Å². The van der Waals surface area contributed by atoms with Crippen molar-refractivity contribution in [1.29, 1.82) is 0 Å². The summed E-state index contributed by atoms with van der Waals surface area (Å²) in [6, 6.07) is 3.92. The molecule has 0 saturated carbocycles. The summed E-state index contributed by atoms with van der Waals surface area (Å²) in [7, 11) is 3.22. The van der Waals surface area contributed by atoms with Gasteiger partial charge in [0.15, 0.2) is 11.5 Å². The minimum absolute atomic E-state index is 0.174. The van der Waals surface area contributed by atoms with Gasteiger partial charge in [-0.2, -0.15) is 0 Å². The number of aliphatic hydroxyl groups is 2. The highest BCUT2D eigenvalue weighted by molar-refractivity contribution is 5.47. The summed E-state index contributed by atoms with van der Waals surface area (Å²) in [6.45, 7) is 0.349. The van der Waals surface area contributed by atoms with E-state index in [1.807, 2.05) is 12.1 Å². The van der Waals surface area contributed by atoms with Crippen LogP contribution in [0.25, 0.3) is 0 Å². The lowest BCUT2D eigenvalue weighted by Gasteiger charge is -2.14. The minimum atomic E-state index is 0.174. The van der Waals surface area contributed by atoms with Gasteiger partial charge < -0.3 is 19.7 Å². The zero-order valence-corrected chi connectivity index (χ0v) is 11.1. The molecule has 0 unspecified atom stereocenters. The van der Waals surface area contributed by atoms with Crippen LogP contribution >= 0.6 is 0 Å². The molecule has 4 heteroatoms. The molecular weight excluding hydrogens is 232 g/mol. The second-order valence-electron chi connectivity index (χ2n) is 4.13. The first kappa shape index (κ1) is 14.8. The van der Waals surface area contributed by atoms with Crippen molar-refractivity contribution < 1.29 is 19.7 Å². The van der Waals surface area contributed by atoms with Gasteiger partial charge in [0, 0.05) is 13.2 Å². The molecule has 0 aliphatic heterocycles. The topological polar surface area (TPSA) is 58.9 Å². The molecule has 18 heavy (non-hydrogen) atoms. The van der Waals surface area contributed by atoms with E-state index in [1.54, 1.807) is 14.2 Å². The number of rotatable bonds is 8. The normalized spacial score (nSPS) is 10.4. The average Bonchev–Trinajstić information content (AvgIpc) is 2.42. The summed E-state index contributed by atoms with van der Waals surface area (Å²) < 4.78 is 10.6. The van der Waals surface area contributed by atoms with Gasteiger partial charge in [-0.3, -0.25) is 0 Å². The molecule has 0 heterocycles. The van der Waals surface area contributed by atoms with Crippen molar-refractivity contribution in [2.75, 3.05) is 27.4 Å². The zero-order chi connectivity index (χ0) is 13.4. The van der Waals surface area contributed by atoms with Crippen LogP contribution in [0.5, 0.6) is 11.5 Å². The Morgan fingerprint density at radius 2 is 1.22 bits per heavy atom. The van der Waals surface area contributed by atoms with E-state index < -0.39 is 0 Å². The molecule has 0 amide bonds. The number of methoxy groups -OCH3 is 2. The molecule has 1 rings (SSSR count). The Morgan fingerprint density at radius 3 is 1.50 bits per heavy atom. The van der Waals surface area contributed by atoms with Gasteiger partial charge in [-0.05, 0) is 48.9 Å². The first-order chi connectivity index (χ1) is 8.76. The van der Waals surface area contributed by atoms with E-state index in [0.717, 1.165) is 36.8 Å². The van der Waals surface area contributed by atoms with Crippen LogP contribution in [-0.2, 0) is 12.8 Å². The molecule has 2 N–H and O–H groups in total. The molecule has 0 atom stereocenters. The number of hydrogen-bond donors (Lipinski definition) is 2. The van der Waals surface area contributed by atoms with Crippen molar-refractivity contribution in [3.8, 4) is 11.5 Å². The van der Waals surface area contributed by atoms with Crippen LogP contribution in [0.1, 0.15) is 24.0 Å². The maximum Gasteiger partial charge on any atom is 0.161 e. The van der Waals surface area contributed by atoms with E-state index in [0.29, 0.717) is 11.5 Å². The van der Waals surface area contributed by atoms with Gasteiger partial charge in [-0.1, -0.05) is 0 Å². The van der Waals surface area contributed by atoms with Crippen molar-refractivity contribution in [3.05, 3.63) is 23.3 Å². The van der Waals surface area contributed by atoms with Crippen LogP contribution in [0, 0.1) is 0 Å². The van der Waals surface area contributed by atoms with Crippen LogP contribution in [0.2, 0.25) is 0 Å². The number of aliphatic hydroxyl groups excluding tert-OH is 2. The second-order valence-corrected chi connectivity index (χ2v) is 4.13. The molecule has 0 saturated heterocycles. The Labute approximate surface area is 108 Å². The second kappa shape index (κ2) is 7.95. The molecule has 102 valence electrons. The molecular formula is C14H22O4. The van der Waals surface area contributed by atoms with Crippen LogP contribution in [-0.4, -0.2) is 37.6 Å². The number of ether oxygens (including phenoxy) is 2. The van der Waals surface area contributed by atoms with E-state index in [2.05, 4.69) is 0 Å². The summed E-state index contributed by atoms with van der Waals surface area (Å²) in [4.78, 5) is 0. The van der Waals surface area contributed by atoms with Crippen LogP contribution in [0.4, 0.5) is 0 Å². The Bertz CT molecular complexity index is 328. The summed E-state index contributed by atoms with van der Waals surface area (Å²) in [5.41, 5.74) is 2.30. The Balaban J connectivity index is 3.01. The van der Waals surface area contributed by atoms with E-state index in [-0.39, 0.29) is 13.2 Å². The van der Waals surface area contributed by atoms with Gasteiger partial charge in [-0.15, -0.1) is 0 Å². The molecule has 0 spiro atoms. The Morgan fingerprint density at radius 1 is 0.833 bits per heavy atom. The molecule has 0 bridgehead atoms. The molecule has 0 radical (unpaired) electrons. The summed E-state index contributed by atoms with van der Waals surface area (Å²) in [6.07, 6.45) is 3.05. The highest BCUT2D eigenvalue weighted by Gasteiger charge is 2.10. The molecule has 1 aromatic rings. The van der Waals surface area contributed by atoms with Gasteiger partial charge in [0.05, 0.1) is 14.2 Å². The Hall–Kier alpha value is -1.26. The van der Waals surface area contributed by atoms with E-state index >= 15 is 0 Å². The lowest BCUT2D eigenvalue weighted by atomic mass is 9.98. The van der Waals surface area contributed by atoms with Crippen molar-refractivity contribution >= 4 is 0 Å². The first-order valence-corrected chi connectivity index (χ1v) is 6.22. The van der Waals surface area contributed by atoms with Gasteiger partial charge >= 0.3 is 0 Å². The highest BCUT2D eigenvalue weighted by Crippen LogP contribution is 2.31. The predicted octanol–water partition coefficient (Wildman–Crippen LogP) is 1.55. The molecule has 4 nitrogen and oxygen atoms in total. The van der Waals surface area contributed by atoms with Crippen LogP contribution in [0.3, 0.4) is 0 Å². The van der Waals surface area contributed by atoms with Crippen molar-refractivity contribution in [3.63, 3.8) is 0 Å². The van der Waals surface area contributed by atoms with E-state index in [9.17, 15) is 0 Å². The number of hydrogen-bond acceptors (Lipinski definition) is 4. The summed E-state index contributed by atoms with van der Waals surface area (Å²) >= 11 is 0. The molecule has 0 aromatic heterocycles. The summed E-state index contributed by atoms with van der Waals surface area (Å²) in [5.74, 6) is 1.41. The van der Waals surface area contributed by atoms with Gasteiger partial charge in [0.1, 0.15) is 0 Å². The molecule has 0 aliphatic rings. The van der Waals surface area contributed by atoms with Crippen molar-refractivity contribution in [1.82, 2.24) is 0 Å². The Kier molecular flexibility index (Phi) is 6.54. The maximum atomic E-state index is 8.93. The molecule has 1 aromatic carbocycles. The van der Waals surface area contributed by atoms with Gasteiger partial charge in [0.25, 0.3) is 0 Å². The highest BCUT2D eigenvalue weighted by atomic mass is 16.5. The fraction of sp³-hybridized carbons (Fsp3) is 0.571. The SMILES string of the molecule is COc1cc(CCCO)c(CCCO)cc1OC. The smallest absolute Gasteiger partial charge is 0.161 e. The van der Waals surface area contributed by atoms with Crippen molar-refractivity contribution in [2.45, 2.75) is 25.7 Å². The van der Waals surface area contributed by atoms with Crippen LogP contribution < -0.4 is 9.47 Å². The monoisotopic (exact) mass is 254 g/mol. The third kappa shape index (κ3) is 3.89. The standard InChI is InChI=1S/C14H22O4/c1-17-13-9-11(5-3-7-15)12(6-4-8-16)10-14(13)18-2/h9-10,15-16H,3-8H2,1-2H3. The van der Waals surface area contributed by atoms with E-state index in [1.165, 1.54) is 0 Å².